The van der Waals surface area contributed by atoms with Crippen LogP contribution in [0.1, 0.15) is 26.7 Å². The van der Waals surface area contributed by atoms with Crippen LogP contribution in [0, 0.1) is 6.42 Å². The Morgan fingerprint density at radius 1 is 1.71 bits per heavy atom. The third-order valence-corrected chi connectivity index (χ3v) is 1.01. The highest BCUT2D eigenvalue weighted by molar-refractivity contribution is 7.80. The lowest BCUT2D eigenvalue weighted by Gasteiger charge is -1.97. The summed E-state index contributed by atoms with van der Waals surface area (Å²) >= 11 is 4.20. The minimum absolute atomic E-state index is 0.542. The third kappa shape index (κ3) is 6.35. The van der Waals surface area contributed by atoms with Crippen molar-refractivity contribution < 1.29 is 0 Å². The predicted octanol–water partition coefficient (Wildman–Crippen LogP) is 2.31. The van der Waals surface area contributed by atoms with Gasteiger partial charge in [0.05, 0.1) is 0 Å². The number of unbranched alkanes of at least 4 members (excludes halogenated alkanes) is 1. The predicted molar refractivity (Wildman–Crippen MR) is 37.7 cm³/mol. The second-order valence-corrected chi connectivity index (χ2v) is 2.66. The summed E-state index contributed by atoms with van der Waals surface area (Å²) < 4.78 is 0. The Balaban J connectivity index is 2.68. The van der Waals surface area contributed by atoms with Crippen LogP contribution in [-0.4, -0.2) is 5.25 Å². The molecule has 0 aromatic heterocycles. The summed E-state index contributed by atoms with van der Waals surface area (Å²) in [5.41, 5.74) is 0. The first-order valence-corrected chi connectivity index (χ1v) is 3.28. The minimum atomic E-state index is 0.542. The maximum Gasteiger partial charge on any atom is -0.000885 e. The molecule has 0 rings (SSSR count). The minimum Gasteiger partial charge on any atom is -0.176 e. The van der Waals surface area contributed by atoms with Gasteiger partial charge >= 0.3 is 0 Å². The van der Waals surface area contributed by atoms with Crippen molar-refractivity contribution in [2.45, 2.75) is 31.9 Å². The lowest BCUT2D eigenvalue weighted by molar-refractivity contribution is 0.873. The van der Waals surface area contributed by atoms with E-state index >= 15 is 0 Å². The highest BCUT2D eigenvalue weighted by Gasteiger charge is 1.89. The summed E-state index contributed by atoms with van der Waals surface area (Å²) in [6, 6.07) is 0. The summed E-state index contributed by atoms with van der Waals surface area (Å²) in [4.78, 5) is 0. The number of hydrogen-bond acceptors (Lipinski definition) is 1. The molecule has 0 aromatic carbocycles. The van der Waals surface area contributed by atoms with Gasteiger partial charge in [-0.2, -0.15) is 12.6 Å². The van der Waals surface area contributed by atoms with Crippen LogP contribution in [-0.2, 0) is 0 Å². The van der Waals surface area contributed by atoms with Gasteiger partial charge in [-0.15, -0.1) is 0 Å². The van der Waals surface area contributed by atoms with E-state index in [1.54, 1.807) is 0 Å². The van der Waals surface area contributed by atoms with Gasteiger partial charge in [-0.1, -0.05) is 20.3 Å². The fourth-order valence-electron chi connectivity index (χ4n) is 0.408. The molecule has 1 radical (unpaired) electrons. The topological polar surface area (TPSA) is 0 Å². The Hall–Kier alpha value is 0.350. The monoisotopic (exact) mass is 117 g/mol. The van der Waals surface area contributed by atoms with Crippen LogP contribution in [0.25, 0.3) is 0 Å². The standard InChI is InChI=1S/C6H13S/c1-3-4-5-6(2)7/h4,6-7H,3,5H2,1-2H3. The normalized spacial score (nSPS) is 14.1. The number of thiol groups is 1. The van der Waals surface area contributed by atoms with E-state index in [0.29, 0.717) is 5.25 Å². The maximum atomic E-state index is 4.20. The average Bonchev–Trinajstić information content (AvgIpc) is 1.61. The van der Waals surface area contributed by atoms with Crippen molar-refractivity contribution in [2.75, 3.05) is 0 Å². The molecule has 1 atom stereocenters. The smallest absolute Gasteiger partial charge is 0.000885 e. The molecule has 0 bridgehead atoms. The molecule has 0 saturated carbocycles. The maximum absolute atomic E-state index is 4.20. The Bertz CT molecular complexity index is 33.2. The van der Waals surface area contributed by atoms with Crippen LogP contribution in [0.5, 0.6) is 0 Å². The van der Waals surface area contributed by atoms with Crippen LogP contribution in [0.15, 0.2) is 0 Å². The highest BCUT2D eigenvalue weighted by atomic mass is 32.1. The highest BCUT2D eigenvalue weighted by Crippen LogP contribution is 2.02. The molecule has 0 spiro atoms. The van der Waals surface area contributed by atoms with Crippen LogP contribution in [0.4, 0.5) is 0 Å². The van der Waals surface area contributed by atoms with Crippen molar-refractivity contribution in [1.82, 2.24) is 0 Å². The molecule has 0 heterocycles. The fraction of sp³-hybridized carbons (Fsp3) is 0.833. The van der Waals surface area contributed by atoms with Crippen molar-refractivity contribution in [3.05, 3.63) is 6.42 Å². The first-order valence-electron chi connectivity index (χ1n) is 2.77. The molecule has 0 saturated heterocycles. The molecular formula is C6H13S. The molecule has 0 aliphatic heterocycles. The SMILES string of the molecule is CC[CH]CC(C)S. The quantitative estimate of drug-likeness (QED) is 0.539. The van der Waals surface area contributed by atoms with Gasteiger partial charge in [0.15, 0.2) is 0 Å². The molecule has 0 aromatic rings. The Kier molecular flexibility index (Phi) is 4.73. The molecule has 1 heteroatoms. The Labute approximate surface area is 51.7 Å². The first-order chi connectivity index (χ1) is 3.27. The van der Waals surface area contributed by atoms with Gasteiger partial charge in [0.2, 0.25) is 0 Å². The van der Waals surface area contributed by atoms with Gasteiger partial charge in [-0.25, -0.2) is 0 Å². The van der Waals surface area contributed by atoms with E-state index in [9.17, 15) is 0 Å². The van der Waals surface area contributed by atoms with Gasteiger partial charge < -0.3 is 0 Å². The van der Waals surface area contributed by atoms with Crippen LogP contribution < -0.4 is 0 Å². The van der Waals surface area contributed by atoms with Gasteiger partial charge in [0, 0.05) is 0 Å². The largest absolute Gasteiger partial charge is 0.176 e. The first kappa shape index (κ1) is 7.35. The molecule has 0 N–H and O–H groups in total. The van der Waals surface area contributed by atoms with Crippen molar-refractivity contribution in [3.8, 4) is 0 Å². The van der Waals surface area contributed by atoms with E-state index in [1.165, 1.54) is 6.42 Å². The van der Waals surface area contributed by atoms with Crippen LogP contribution >= 0.6 is 12.6 Å². The lowest BCUT2D eigenvalue weighted by atomic mass is 10.2. The van der Waals surface area contributed by atoms with E-state index in [0.717, 1.165) is 6.42 Å². The summed E-state index contributed by atoms with van der Waals surface area (Å²) in [6.45, 7) is 4.26. The Morgan fingerprint density at radius 2 is 2.29 bits per heavy atom. The molecule has 43 valence electrons. The molecule has 0 aliphatic rings. The lowest BCUT2D eigenvalue weighted by Crippen LogP contribution is -1.88. The van der Waals surface area contributed by atoms with E-state index < -0.39 is 0 Å². The van der Waals surface area contributed by atoms with E-state index in [2.05, 4.69) is 32.9 Å². The van der Waals surface area contributed by atoms with Gasteiger partial charge in [0.25, 0.3) is 0 Å². The van der Waals surface area contributed by atoms with Crippen molar-refractivity contribution in [1.29, 1.82) is 0 Å². The van der Waals surface area contributed by atoms with Crippen LogP contribution in [0.3, 0.4) is 0 Å². The van der Waals surface area contributed by atoms with Crippen LogP contribution in [0.2, 0.25) is 0 Å². The van der Waals surface area contributed by atoms with Crippen molar-refractivity contribution in [3.63, 3.8) is 0 Å². The van der Waals surface area contributed by atoms with Gasteiger partial charge in [-0.3, -0.25) is 0 Å². The zero-order valence-corrected chi connectivity index (χ0v) is 5.91. The molecule has 0 fully saturated rings. The second-order valence-electron chi connectivity index (χ2n) is 1.78. The average molecular weight is 117 g/mol. The number of rotatable bonds is 3. The molecule has 0 aliphatic carbocycles. The van der Waals surface area contributed by atoms with E-state index in [-0.39, 0.29) is 0 Å². The van der Waals surface area contributed by atoms with Gasteiger partial charge in [0.1, 0.15) is 0 Å². The summed E-state index contributed by atoms with van der Waals surface area (Å²) in [6.07, 6.45) is 4.56. The third-order valence-electron chi connectivity index (χ3n) is 0.796. The molecule has 0 nitrogen and oxygen atoms in total. The van der Waals surface area contributed by atoms with E-state index in [4.69, 9.17) is 0 Å². The Morgan fingerprint density at radius 3 is 2.43 bits per heavy atom. The van der Waals surface area contributed by atoms with Crippen molar-refractivity contribution in [2.24, 2.45) is 0 Å². The molecule has 7 heavy (non-hydrogen) atoms. The van der Waals surface area contributed by atoms with Crippen molar-refractivity contribution >= 4 is 12.6 Å². The number of hydrogen-bond donors (Lipinski definition) is 1. The summed E-state index contributed by atoms with van der Waals surface area (Å²) in [5, 5.41) is 0.542. The summed E-state index contributed by atoms with van der Waals surface area (Å²) in [7, 11) is 0. The molecular weight excluding hydrogens is 104 g/mol. The van der Waals surface area contributed by atoms with Gasteiger partial charge in [-0.05, 0) is 18.1 Å². The zero-order chi connectivity index (χ0) is 5.70. The van der Waals surface area contributed by atoms with E-state index in [1.807, 2.05) is 0 Å². The molecule has 0 amide bonds. The molecule has 1 unspecified atom stereocenters. The second kappa shape index (κ2) is 4.51. The summed E-state index contributed by atoms with van der Waals surface area (Å²) in [5.74, 6) is 0. The fourth-order valence-corrected chi connectivity index (χ4v) is 0.557. The zero-order valence-electron chi connectivity index (χ0n) is 5.02.